The molecule has 0 aromatic heterocycles. The number of benzene rings is 1. The molecule has 1 aromatic carbocycles. The summed E-state index contributed by atoms with van der Waals surface area (Å²) in [4.78, 5) is 6.52. The molecule has 0 heterocycles. The Balaban J connectivity index is 2.41. The molecule has 2 N–H and O–H groups in total. The Morgan fingerprint density at radius 2 is 1.58 bits per heavy atom. The van der Waals surface area contributed by atoms with Gasteiger partial charge in [0.2, 0.25) is 0 Å². The van der Waals surface area contributed by atoms with Crippen molar-refractivity contribution in [2.75, 3.05) is 26.7 Å². The molecule has 0 saturated carbocycles. The molecule has 136 valence electrons. The molecule has 0 bridgehead atoms. The normalized spacial score (nSPS) is 12.3. The molecule has 0 aliphatic carbocycles. The Morgan fingerprint density at radius 3 is 2.08 bits per heavy atom. The van der Waals surface area contributed by atoms with Crippen molar-refractivity contribution in [2.45, 2.75) is 46.2 Å². The highest BCUT2D eigenvalue weighted by atomic mass is 19.1. The van der Waals surface area contributed by atoms with Gasteiger partial charge in [-0.15, -0.1) is 0 Å². The van der Waals surface area contributed by atoms with Crippen LogP contribution in [-0.2, 0) is 6.42 Å². The second-order valence-electron chi connectivity index (χ2n) is 6.30. The maximum absolute atomic E-state index is 13.6. The first-order valence-electron chi connectivity index (χ1n) is 8.50. The average Bonchev–Trinajstić information content (AvgIpc) is 2.51. The summed E-state index contributed by atoms with van der Waals surface area (Å²) < 4.78 is 27.2. The van der Waals surface area contributed by atoms with Gasteiger partial charge in [-0.1, -0.05) is 6.07 Å². The molecule has 1 rings (SSSR count). The van der Waals surface area contributed by atoms with Gasteiger partial charge in [0.05, 0.1) is 0 Å². The third kappa shape index (κ3) is 6.43. The van der Waals surface area contributed by atoms with Crippen molar-refractivity contribution in [3.8, 4) is 0 Å². The Morgan fingerprint density at radius 1 is 1.04 bits per heavy atom. The van der Waals surface area contributed by atoms with Crippen molar-refractivity contribution >= 4 is 5.96 Å². The third-order valence-electron chi connectivity index (χ3n) is 3.94. The van der Waals surface area contributed by atoms with Crippen LogP contribution in [0.1, 0.15) is 33.3 Å². The molecule has 6 heteroatoms. The summed E-state index contributed by atoms with van der Waals surface area (Å²) >= 11 is 0. The van der Waals surface area contributed by atoms with Crippen LogP contribution in [0.3, 0.4) is 0 Å². The van der Waals surface area contributed by atoms with Crippen molar-refractivity contribution < 1.29 is 8.78 Å². The molecule has 0 aliphatic rings. The summed E-state index contributed by atoms with van der Waals surface area (Å²) in [5.41, 5.74) is 0.103. The smallest absolute Gasteiger partial charge is 0.191 e. The summed E-state index contributed by atoms with van der Waals surface area (Å²) in [6.07, 6.45) is 0.267. The fourth-order valence-corrected chi connectivity index (χ4v) is 2.71. The van der Waals surface area contributed by atoms with E-state index in [1.807, 2.05) is 0 Å². The summed E-state index contributed by atoms with van der Waals surface area (Å²) in [5, 5.41) is 6.33. The largest absolute Gasteiger partial charge is 0.356 e. The fourth-order valence-electron chi connectivity index (χ4n) is 2.71. The molecule has 0 radical (unpaired) electrons. The van der Waals surface area contributed by atoms with Gasteiger partial charge in [0.25, 0.3) is 0 Å². The number of rotatable bonds is 8. The predicted octanol–water partition coefficient (Wildman–Crippen LogP) is 2.79. The zero-order chi connectivity index (χ0) is 18.1. The van der Waals surface area contributed by atoms with Crippen molar-refractivity contribution in [3.05, 3.63) is 35.4 Å². The summed E-state index contributed by atoms with van der Waals surface area (Å²) in [6.45, 7) is 10.8. The molecule has 0 saturated heterocycles. The highest BCUT2D eigenvalue weighted by Crippen LogP contribution is 2.11. The van der Waals surface area contributed by atoms with Crippen LogP contribution in [0.5, 0.6) is 0 Å². The minimum Gasteiger partial charge on any atom is -0.356 e. The minimum absolute atomic E-state index is 0.103. The average molecular weight is 340 g/mol. The van der Waals surface area contributed by atoms with Crippen LogP contribution in [0.25, 0.3) is 0 Å². The maximum Gasteiger partial charge on any atom is 0.191 e. The molecule has 0 amide bonds. The lowest BCUT2D eigenvalue weighted by Gasteiger charge is -2.30. The van der Waals surface area contributed by atoms with E-state index in [9.17, 15) is 8.78 Å². The quantitative estimate of drug-likeness (QED) is 0.565. The predicted molar refractivity (Wildman–Crippen MR) is 96.4 cm³/mol. The van der Waals surface area contributed by atoms with Crippen molar-refractivity contribution in [1.29, 1.82) is 0 Å². The van der Waals surface area contributed by atoms with Gasteiger partial charge in [-0.25, -0.2) is 8.78 Å². The lowest BCUT2D eigenvalue weighted by atomic mass is 10.1. The highest BCUT2D eigenvalue weighted by molar-refractivity contribution is 5.79. The van der Waals surface area contributed by atoms with Crippen molar-refractivity contribution in [2.24, 2.45) is 4.99 Å². The van der Waals surface area contributed by atoms with E-state index in [0.29, 0.717) is 24.6 Å². The first-order chi connectivity index (χ1) is 11.4. The number of aliphatic imine (C=N–C) groups is 1. The Labute approximate surface area is 144 Å². The van der Waals surface area contributed by atoms with Crippen LogP contribution in [0.15, 0.2) is 23.2 Å². The number of guanidine groups is 1. The Bertz CT molecular complexity index is 502. The van der Waals surface area contributed by atoms with Gasteiger partial charge in [-0.2, -0.15) is 0 Å². The van der Waals surface area contributed by atoms with Crippen LogP contribution in [0, 0.1) is 11.6 Å². The van der Waals surface area contributed by atoms with Crippen LogP contribution >= 0.6 is 0 Å². The zero-order valence-electron chi connectivity index (χ0n) is 15.4. The molecule has 0 fully saturated rings. The molecule has 24 heavy (non-hydrogen) atoms. The summed E-state index contributed by atoms with van der Waals surface area (Å²) in [6, 6.07) is 4.88. The molecule has 4 nitrogen and oxygen atoms in total. The van der Waals surface area contributed by atoms with Gasteiger partial charge in [-0.3, -0.25) is 9.89 Å². The number of hydrogen-bond donors (Lipinski definition) is 2. The van der Waals surface area contributed by atoms with Crippen LogP contribution in [0.4, 0.5) is 8.78 Å². The monoisotopic (exact) mass is 340 g/mol. The second kappa shape index (κ2) is 10.2. The van der Waals surface area contributed by atoms with Crippen molar-refractivity contribution in [1.82, 2.24) is 15.5 Å². The fraction of sp³-hybridized carbons (Fsp3) is 0.611. The van der Waals surface area contributed by atoms with E-state index in [0.717, 1.165) is 13.1 Å². The van der Waals surface area contributed by atoms with E-state index in [1.165, 1.54) is 18.2 Å². The number of nitrogens with one attached hydrogen (secondary N) is 2. The molecule has 1 aromatic rings. The highest BCUT2D eigenvalue weighted by Gasteiger charge is 2.13. The maximum atomic E-state index is 13.6. The third-order valence-corrected chi connectivity index (χ3v) is 3.94. The zero-order valence-corrected chi connectivity index (χ0v) is 15.4. The molecule has 0 spiro atoms. The van der Waals surface area contributed by atoms with E-state index >= 15 is 0 Å². The molecular formula is C18H30F2N4. The molecule has 0 atom stereocenters. The molecular weight excluding hydrogens is 310 g/mol. The number of hydrogen-bond acceptors (Lipinski definition) is 2. The van der Waals surface area contributed by atoms with Gasteiger partial charge in [0, 0.05) is 44.3 Å². The van der Waals surface area contributed by atoms with Gasteiger partial charge < -0.3 is 10.6 Å². The van der Waals surface area contributed by atoms with E-state index in [2.05, 4.69) is 48.2 Å². The summed E-state index contributed by atoms with van der Waals surface area (Å²) in [5.74, 6) is -0.382. The lowest BCUT2D eigenvalue weighted by molar-refractivity contribution is 0.178. The molecule has 0 unspecified atom stereocenters. The minimum atomic E-state index is -0.510. The number of halogens is 2. The van der Waals surface area contributed by atoms with E-state index in [-0.39, 0.29) is 12.0 Å². The Kier molecular flexibility index (Phi) is 8.68. The van der Waals surface area contributed by atoms with E-state index in [1.54, 1.807) is 7.05 Å². The van der Waals surface area contributed by atoms with Crippen molar-refractivity contribution in [3.63, 3.8) is 0 Å². The van der Waals surface area contributed by atoms with E-state index < -0.39 is 11.6 Å². The van der Waals surface area contributed by atoms with Gasteiger partial charge in [-0.05, 0) is 46.2 Å². The first-order valence-corrected chi connectivity index (χ1v) is 8.50. The van der Waals surface area contributed by atoms with E-state index in [4.69, 9.17) is 0 Å². The topological polar surface area (TPSA) is 39.7 Å². The Hall–Kier alpha value is -1.69. The van der Waals surface area contributed by atoms with Gasteiger partial charge in [0.1, 0.15) is 11.6 Å². The van der Waals surface area contributed by atoms with Crippen LogP contribution in [0.2, 0.25) is 0 Å². The van der Waals surface area contributed by atoms with Gasteiger partial charge >= 0.3 is 0 Å². The van der Waals surface area contributed by atoms with Crippen LogP contribution < -0.4 is 10.6 Å². The second-order valence-corrected chi connectivity index (χ2v) is 6.30. The standard InChI is InChI=1S/C18H30F2N4/c1-13(2)24(14(3)4)12-11-23-18(21-5)22-10-9-15-16(19)7-6-8-17(15)20/h6-8,13-14H,9-12H2,1-5H3,(H2,21,22,23). The first kappa shape index (κ1) is 20.4. The number of nitrogens with zero attached hydrogens (tertiary/aromatic N) is 2. The van der Waals surface area contributed by atoms with Crippen LogP contribution in [-0.4, -0.2) is 49.6 Å². The SMILES string of the molecule is CN=C(NCCc1c(F)cccc1F)NCCN(C(C)C)C(C)C. The molecule has 0 aliphatic heterocycles. The summed E-state index contributed by atoms with van der Waals surface area (Å²) in [7, 11) is 1.68. The lowest BCUT2D eigenvalue weighted by Crippen LogP contribution is -2.45. The van der Waals surface area contributed by atoms with Gasteiger partial charge in [0.15, 0.2) is 5.96 Å².